The molecule has 2 nitrogen and oxygen atoms in total. The molecule has 82 valence electrons. The minimum absolute atomic E-state index is 0.00357. The van der Waals surface area contributed by atoms with Gasteiger partial charge in [-0.3, -0.25) is 0 Å². The third kappa shape index (κ3) is 2.12. The largest absolute Gasteiger partial charge is 0.508 e. The highest BCUT2D eigenvalue weighted by Crippen LogP contribution is 2.35. The number of aromatic hydroxyl groups is 2. The third-order valence-electron chi connectivity index (χ3n) is 2.38. The van der Waals surface area contributed by atoms with Crippen LogP contribution in [0.2, 0.25) is 0 Å². The van der Waals surface area contributed by atoms with Crippen molar-refractivity contribution >= 4 is 11.6 Å². The van der Waals surface area contributed by atoms with Gasteiger partial charge in [0.1, 0.15) is 11.5 Å². The van der Waals surface area contributed by atoms with Gasteiger partial charge in [0.2, 0.25) is 0 Å². The summed E-state index contributed by atoms with van der Waals surface area (Å²) in [5, 5.41) is 18.5. The van der Waals surface area contributed by atoms with E-state index in [4.69, 9.17) is 11.6 Å². The molecule has 0 saturated heterocycles. The van der Waals surface area contributed by atoms with Crippen LogP contribution in [0.4, 0.5) is 0 Å². The van der Waals surface area contributed by atoms with E-state index in [-0.39, 0.29) is 11.5 Å². The molecule has 2 aromatic rings. The lowest BCUT2D eigenvalue weighted by Crippen LogP contribution is -1.93. The van der Waals surface area contributed by atoms with Crippen molar-refractivity contribution < 1.29 is 10.2 Å². The molecule has 0 aromatic heterocycles. The van der Waals surface area contributed by atoms with Crippen LogP contribution in [0.25, 0.3) is 0 Å². The van der Waals surface area contributed by atoms with Crippen molar-refractivity contribution in [2.75, 3.05) is 0 Å². The molecule has 16 heavy (non-hydrogen) atoms. The van der Waals surface area contributed by atoms with Crippen LogP contribution in [0.1, 0.15) is 16.5 Å². The Hall–Kier alpha value is -1.67. The molecular formula is C13H11ClO2. The molecule has 1 unspecified atom stereocenters. The Bertz CT molecular complexity index is 483. The summed E-state index contributed by atoms with van der Waals surface area (Å²) in [7, 11) is 0. The van der Waals surface area contributed by atoms with E-state index in [2.05, 4.69) is 0 Å². The Labute approximate surface area is 98.7 Å². The maximum Gasteiger partial charge on any atom is 0.124 e. The summed E-state index contributed by atoms with van der Waals surface area (Å²) in [6, 6.07) is 13.9. The maximum absolute atomic E-state index is 9.68. The monoisotopic (exact) mass is 234 g/mol. The second-order valence-electron chi connectivity index (χ2n) is 3.52. The predicted octanol–water partition coefficient (Wildman–Crippen LogP) is 3.43. The van der Waals surface area contributed by atoms with E-state index >= 15 is 0 Å². The van der Waals surface area contributed by atoms with Crippen molar-refractivity contribution in [2.45, 2.75) is 5.38 Å². The van der Waals surface area contributed by atoms with Gasteiger partial charge < -0.3 is 10.2 Å². The van der Waals surface area contributed by atoms with Crippen molar-refractivity contribution in [3.8, 4) is 11.5 Å². The quantitative estimate of drug-likeness (QED) is 0.782. The zero-order valence-electron chi connectivity index (χ0n) is 8.47. The molecule has 0 amide bonds. The molecule has 0 saturated carbocycles. The SMILES string of the molecule is Oc1ccc(C(Cl)c2ccccc2)c(O)c1. The smallest absolute Gasteiger partial charge is 0.124 e. The van der Waals surface area contributed by atoms with Crippen LogP contribution in [-0.2, 0) is 0 Å². The van der Waals surface area contributed by atoms with Crippen molar-refractivity contribution in [3.05, 3.63) is 59.7 Å². The average molecular weight is 235 g/mol. The van der Waals surface area contributed by atoms with Crippen molar-refractivity contribution in [2.24, 2.45) is 0 Å². The fraction of sp³-hybridized carbons (Fsp3) is 0.0769. The van der Waals surface area contributed by atoms with E-state index in [0.29, 0.717) is 5.56 Å². The van der Waals surface area contributed by atoms with E-state index in [0.717, 1.165) is 5.56 Å². The predicted molar refractivity (Wildman–Crippen MR) is 63.9 cm³/mol. The van der Waals surface area contributed by atoms with Gasteiger partial charge >= 0.3 is 0 Å². The fourth-order valence-corrected chi connectivity index (χ4v) is 1.88. The van der Waals surface area contributed by atoms with E-state index in [1.807, 2.05) is 30.3 Å². The topological polar surface area (TPSA) is 40.5 Å². The number of rotatable bonds is 2. The lowest BCUT2D eigenvalue weighted by atomic mass is 10.0. The summed E-state index contributed by atoms with van der Waals surface area (Å²) in [4.78, 5) is 0. The minimum Gasteiger partial charge on any atom is -0.508 e. The zero-order chi connectivity index (χ0) is 11.5. The first-order valence-corrected chi connectivity index (χ1v) is 5.33. The Morgan fingerprint density at radius 1 is 0.938 bits per heavy atom. The Morgan fingerprint density at radius 2 is 1.62 bits per heavy atom. The molecular weight excluding hydrogens is 224 g/mol. The molecule has 0 spiro atoms. The van der Waals surface area contributed by atoms with Gasteiger partial charge in [0.25, 0.3) is 0 Å². The van der Waals surface area contributed by atoms with E-state index in [9.17, 15) is 10.2 Å². The molecule has 1 atom stereocenters. The lowest BCUT2D eigenvalue weighted by Gasteiger charge is -2.12. The highest BCUT2D eigenvalue weighted by molar-refractivity contribution is 6.22. The first-order valence-electron chi connectivity index (χ1n) is 4.89. The molecule has 0 fully saturated rings. The second-order valence-corrected chi connectivity index (χ2v) is 3.95. The molecule has 0 bridgehead atoms. The van der Waals surface area contributed by atoms with Gasteiger partial charge in [0.05, 0.1) is 5.38 Å². The highest BCUT2D eigenvalue weighted by atomic mass is 35.5. The normalized spacial score (nSPS) is 12.3. The van der Waals surface area contributed by atoms with Crippen LogP contribution in [0.15, 0.2) is 48.5 Å². The average Bonchev–Trinajstić information content (AvgIpc) is 2.29. The zero-order valence-corrected chi connectivity index (χ0v) is 9.22. The molecule has 0 radical (unpaired) electrons. The highest BCUT2D eigenvalue weighted by Gasteiger charge is 2.14. The first-order chi connectivity index (χ1) is 7.68. The lowest BCUT2D eigenvalue weighted by molar-refractivity contribution is 0.446. The van der Waals surface area contributed by atoms with E-state index in [1.165, 1.54) is 12.1 Å². The molecule has 3 heteroatoms. The standard InChI is InChI=1S/C13H11ClO2/c14-13(9-4-2-1-3-5-9)11-7-6-10(15)8-12(11)16/h1-8,13,15-16H. The van der Waals surface area contributed by atoms with Crippen LogP contribution in [0, 0.1) is 0 Å². The number of hydrogen-bond acceptors (Lipinski definition) is 2. The van der Waals surface area contributed by atoms with Crippen LogP contribution < -0.4 is 0 Å². The number of alkyl halides is 1. The molecule has 2 aromatic carbocycles. The van der Waals surface area contributed by atoms with Gasteiger partial charge in [-0.2, -0.15) is 0 Å². The molecule has 0 aliphatic rings. The number of benzene rings is 2. The summed E-state index contributed by atoms with van der Waals surface area (Å²) in [6.45, 7) is 0. The summed E-state index contributed by atoms with van der Waals surface area (Å²) in [5.41, 5.74) is 1.50. The maximum atomic E-state index is 9.68. The summed E-state index contributed by atoms with van der Waals surface area (Å²) < 4.78 is 0. The summed E-state index contributed by atoms with van der Waals surface area (Å²) in [6.07, 6.45) is 0. The van der Waals surface area contributed by atoms with Crippen LogP contribution >= 0.6 is 11.6 Å². The number of phenolic OH excluding ortho intramolecular Hbond substituents is 2. The van der Waals surface area contributed by atoms with Crippen LogP contribution in [0.5, 0.6) is 11.5 Å². The fourth-order valence-electron chi connectivity index (χ4n) is 1.55. The van der Waals surface area contributed by atoms with Gasteiger partial charge in [-0.15, -0.1) is 11.6 Å². The summed E-state index contributed by atoms with van der Waals surface area (Å²) >= 11 is 6.25. The third-order valence-corrected chi connectivity index (χ3v) is 2.87. The van der Waals surface area contributed by atoms with Crippen LogP contribution in [0.3, 0.4) is 0 Å². The van der Waals surface area contributed by atoms with Crippen molar-refractivity contribution in [1.82, 2.24) is 0 Å². The van der Waals surface area contributed by atoms with Gasteiger partial charge in [-0.05, 0) is 17.7 Å². The van der Waals surface area contributed by atoms with Crippen LogP contribution in [-0.4, -0.2) is 10.2 Å². The first kappa shape index (κ1) is 10.8. The van der Waals surface area contributed by atoms with Crippen molar-refractivity contribution in [3.63, 3.8) is 0 Å². The number of hydrogen-bond donors (Lipinski definition) is 2. The van der Waals surface area contributed by atoms with E-state index < -0.39 is 5.38 Å². The van der Waals surface area contributed by atoms with Gasteiger partial charge in [0.15, 0.2) is 0 Å². The molecule has 0 aliphatic carbocycles. The van der Waals surface area contributed by atoms with Gasteiger partial charge in [-0.25, -0.2) is 0 Å². The molecule has 2 N–H and O–H groups in total. The van der Waals surface area contributed by atoms with Gasteiger partial charge in [-0.1, -0.05) is 30.3 Å². The number of halogens is 1. The van der Waals surface area contributed by atoms with E-state index in [1.54, 1.807) is 6.07 Å². The summed E-state index contributed by atoms with van der Waals surface area (Å²) in [5.74, 6) is 0.0297. The van der Waals surface area contributed by atoms with Gasteiger partial charge in [0, 0.05) is 11.6 Å². The minimum atomic E-state index is -0.415. The number of phenols is 2. The second kappa shape index (κ2) is 4.45. The molecule has 0 aliphatic heterocycles. The Kier molecular flexibility index (Phi) is 3.02. The Balaban J connectivity index is 2.38. The Morgan fingerprint density at radius 3 is 2.25 bits per heavy atom. The molecule has 2 rings (SSSR count). The molecule has 0 heterocycles. The van der Waals surface area contributed by atoms with Crippen molar-refractivity contribution in [1.29, 1.82) is 0 Å².